The van der Waals surface area contributed by atoms with Crippen molar-refractivity contribution >= 4 is 28.1 Å². The first-order valence-electron chi connectivity index (χ1n) is 12.6. The van der Waals surface area contributed by atoms with E-state index in [1.165, 1.54) is 28.5 Å². The molecular formula is C31H29F2NO3. The number of anilines is 2. The number of ether oxygens (including phenoxy) is 1. The average molecular weight is 502 g/mol. The second-order valence-corrected chi connectivity index (χ2v) is 9.73. The van der Waals surface area contributed by atoms with Crippen molar-refractivity contribution < 1.29 is 23.4 Å². The number of nitrogens with zero attached hydrogens (tertiary/aromatic N) is 1. The Kier molecular flexibility index (Phi) is 6.83. The van der Waals surface area contributed by atoms with E-state index in [2.05, 4.69) is 49.4 Å². The summed E-state index contributed by atoms with van der Waals surface area (Å²) in [6, 6.07) is 21.8. The number of rotatable bonds is 7. The highest BCUT2D eigenvalue weighted by molar-refractivity contribution is 5.92. The fourth-order valence-corrected chi connectivity index (χ4v) is 5.41. The summed E-state index contributed by atoms with van der Waals surface area (Å²) < 4.78 is 34.7. The van der Waals surface area contributed by atoms with E-state index in [4.69, 9.17) is 4.74 Å². The van der Waals surface area contributed by atoms with Gasteiger partial charge >= 0.3 is 5.97 Å². The van der Waals surface area contributed by atoms with Gasteiger partial charge in [-0.3, -0.25) is 0 Å². The zero-order chi connectivity index (χ0) is 26.1. The Labute approximate surface area is 215 Å². The summed E-state index contributed by atoms with van der Waals surface area (Å²) in [5.74, 6) is -1.65. The predicted octanol–water partition coefficient (Wildman–Crippen LogP) is 8.00. The topological polar surface area (TPSA) is 49.8 Å². The summed E-state index contributed by atoms with van der Waals surface area (Å²) in [5.41, 5.74) is 2.29. The van der Waals surface area contributed by atoms with Gasteiger partial charge in [0.15, 0.2) is 0 Å². The van der Waals surface area contributed by atoms with Gasteiger partial charge in [0.1, 0.15) is 29.1 Å². The summed E-state index contributed by atoms with van der Waals surface area (Å²) in [4.78, 5) is 13.6. The smallest absolute Gasteiger partial charge is 0.339 e. The van der Waals surface area contributed by atoms with Crippen LogP contribution in [0, 0.1) is 18.6 Å². The van der Waals surface area contributed by atoms with Crippen molar-refractivity contribution in [3.05, 3.63) is 101 Å². The van der Waals surface area contributed by atoms with Gasteiger partial charge in [0.2, 0.25) is 0 Å². The maximum atomic E-state index is 14.3. The van der Waals surface area contributed by atoms with E-state index in [9.17, 15) is 18.7 Å². The SMILES string of the molecule is Cc1c(N2CC(CCC[C@H](C)c3cccc4ccccc34)Oc3ccc(F)cc32)ccc(F)c1C(=O)O. The molecular weight excluding hydrogens is 472 g/mol. The van der Waals surface area contributed by atoms with Crippen molar-refractivity contribution in [2.24, 2.45) is 0 Å². The third kappa shape index (κ3) is 4.88. The van der Waals surface area contributed by atoms with Gasteiger partial charge in [-0.05, 0) is 78.3 Å². The number of hydrogen-bond donors (Lipinski definition) is 1. The molecule has 6 heteroatoms. The van der Waals surface area contributed by atoms with Crippen LogP contribution >= 0.6 is 0 Å². The predicted molar refractivity (Wildman–Crippen MR) is 142 cm³/mol. The van der Waals surface area contributed by atoms with Crippen LogP contribution in [0.3, 0.4) is 0 Å². The number of benzene rings is 4. The molecule has 4 aromatic rings. The minimum absolute atomic E-state index is 0.185. The van der Waals surface area contributed by atoms with Crippen LogP contribution in [0.4, 0.5) is 20.2 Å². The molecule has 0 saturated carbocycles. The number of carboxylic acids is 1. The zero-order valence-corrected chi connectivity index (χ0v) is 20.9. The quantitative estimate of drug-likeness (QED) is 0.279. The lowest BCUT2D eigenvalue weighted by molar-refractivity contribution is 0.0691. The number of hydrogen-bond acceptors (Lipinski definition) is 3. The van der Waals surface area contributed by atoms with Crippen LogP contribution in [0.15, 0.2) is 72.8 Å². The van der Waals surface area contributed by atoms with Gasteiger partial charge in [-0.25, -0.2) is 13.6 Å². The summed E-state index contributed by atoms with van der Waals surface area (Å²) in [7, 11) is 0. The first-order chi connectivity index (χ1) is 17.8. The Bertz CT molecular complexity index is 1460. The molecule has 1 aliphatic heterocycles. The van der Waals surface area contributed by atoms with E-state index in [-0.39, 0.29) is 11.7 Å². The molecule has 2 atom stereocenters. The number of fused-ring (bicyclic) bond motifs is 2. The maximum Gasteiger partial charge on any atom is 0.339 e. The molecule has 0 spiro atoms. The zero-order valence-electron chi connectivity index (χ0n) is 20.9. The molecule has 5 rings (SSSR count). The van der Waals surface area contributed by atoms with E-state index >= 15 is 0 Å². The third-order valence-electron chi connectivity index (χ3n) is 7.30. The molecule has 0 bridgehead atoms. The van der Waals surface area contributed by atoms with Crippen molar-refractivity contribution in [3.8, 4) is 5.75 Å². The van der Waals surface area contributed by atoms with Crippen LogP contribution in [0.5, 0.6) is 5.75 Å². The first kappa shape index (κ1) is 24.8. The molecule has 0 amide bonds. The molecule has 37 heavy (non-hydrogen) atoms. The monoisotopic (exact) mass is 501 g/mol. The standard InChI is InChI=1S/C31H29F2NO3/c1-19(24-12-6-9-21-8-3-4-11-25(21)24)7-5-10-23-18-34(28-17-22(32)13-16-29(28)37-23)27-15-14-26(33)30(20(27)2)31(35)36/h3-4,6,8-9,11-17,19,23H,5,7,10,18H2,1-2H3,(H,35,36)/t19-,23?/m0/s1. The lowest BCUT2D eigenvalue weighted by Crippen LogP contribution is -2.38. The van der Waals surface area contributed by atoms with E-state index in [1.54, 1.807) is 19.1 Å². The van der Waals surface area contributed by atoms with Gasteiger partial charge in [-0.2, -0.15) is 0 Å². The van der Waals surface area contributed by atoms with Crippen molar-refractivity contribution in [2.45, 2.75) is 45.1 Å². The van der Waals surface area contributed by atoms with E-state index in [1.807, 2.05) is 4.90 Å². The Morgan fingerprint density at radius 1 is 1.05 bits per heavy atom. The molecule has 190 valence electrons. The molecule has 4 aromatic carbocycles. The highest BCUT2D eigenvalue weighted by Gasteiger charge is 2.30. The molecule has 0 fully saturated rings. The Morgan fingerprint density at radius 2 is 1.84 bits per heavy atom. The molecule has 0 aliphatic carbocycles. The number of carbonyl (C=O) groups is 1. The number of halogens is 2. The van der Waals surface area contributed by atoms with Gasteiger partial charge in [-0.15, -0.1) is 0 Å². The van der Waals surface area contributed by atoms with Crippen LogP contribution in [-0.4, -0.2) is 23.7 Å². The second-order valence-electron chi connectivity index (χ2n) is 9.73. The normalized spacial score (nSPS) is 15.8. The fraction of sp³-hybridized carbons (Fsp3) is 0.258. The first-order valence-corrected chi connectivity index (χ1v) is 12.6. The van der Waals surface area contributed by atoms with Gasteiger partial charge < -0.3 is 14.7 Å². The van der Waals surface area contributed by atoms with Crippen LogP contribution in [-0.2, 0) is 0 Å². The fourth-order valence-electron chi connectivity index (χ4n) is 5.41. The highest BCUT2D eigenvalue weighted by atomic mass is 19.1. The van der Waals surface area contributed by atoms with Crippen LogP contribution in [0.1, 0.15) is 53.6 Å². The molecule has 1 N–H and O–H groups in total. The lowest BCUT2D eigenvalue weighted by atomic mass is 9.90. The van der Waals surface area contributed by atoms with Gasteiger partial charge in [-0.1, -0.05) is 49.4 Å². The maximum absolute atomic E-state index is 14.3. The van der Waals surface area contributed by atoms with E-state index < -0.39 is 17.6 Å². The summed E-state index contributed by atoms with van der Waals surface area (Å²) in [6.07, 6.45) is 2.48. The molecule has 1 aliphatic rings. The summed E-state index contributed by atoms with van der Waals surface area (Å²) in [5, 5.41) is 12.1. The molecule has 0 aromatic heterocycles. The molecule has 1 unspecified atom stereocenters. The van der Waals surface area contributed by atoms with Crippen molar-refractivity contribution in [2.75, 3.05) is 11.4 Å². The van der Waals surface area contributed by atoms with Crippen molar-refractivity contribution in [3.63, 3.8) is 0 Å². The number of aromatic carboxylic acids is 1. The minimum Gasteiger partial charge on any atom is -0.486 e. The summed E-state index contributed by atoms with van der Waals surface area (Å²) in [6.45, 7) is 4.23. The number of carboxylic acid groups (broad SMARTS) is 1. The summed E-state index contributed by atoms with van der Waals surface area (Å²) >= 11 is 0. The lowest BCUT2D eigenvalue weighted by Gasteiger charge is -2.37. The largest absolute Gasteiger partial charge is 0.486 e. The van der Waals surface area contributed by atoms with Crippen LogP contribution in [0.25, 0.3) is 10.8 Å². The van der Waals surface area contributed by atoms with E-state index in [0.717, 1.165) is 25.3 Å². The Balaban J connectivity index is 1.36. The van der Waals surface area contributed by atoms with Crippen molar-refractivity contribution in [1.29, 1.82) is 0 Å². The van der Waals surface area contributed by atoms with Gasteiger partial charge in [0.05, 0.1) is 12.2 Å². The molecule has 0 radical (unpaired) electrons. The second kappa shape index (κ2) is 10.2. The molecule has 4 nitrogen and oxygen atoms in total. The highest BCUT2D eigenvalue weighted by Crippen LogP contribution is 2.41. The van der Waals surface area contributed by atoms with Gasteiger partial charge in [0, 0.05) is 11.8 Å². The average Bonchev–Trinajstić information content (AvgIpc) is 2.88. The van der Waals surface area contributed by atoms with Crippen LogP contribution in [0.2, 0.25) is 0 Å². The Morgan fingerprint density at radius 3 is 2.65 bits per heavy atom. The van der Waals surface area contributed by atoms with Crippen molar-refractivity contribution in [1.82, 2.24) is 0 Å². The van der Waals surface area contributed by atoms with Crippen LogP contribution < -0.4 is 9.64 Å². The molecule has 0 saturated heterocycles. The minimum atomic E-state index is -1.33. The van der Waals surface area contributed by atoms with Gasteiger partial charge in [0.25, 0.3) is 0 Å². The third-order valence-corrected chi connectivity index (χ3v) is 7.30. The van der Waals surface area contributed by atoms with E-state index in [0.29, 0.717) is 35.2 Å². The molecule has 1 heterocycles. The Hall–Kier alpha value is -3.93.